The molecule has 1 saturated carbocycles. The molecule has 0 aliphatic heterocycles. The largest absolute Gasteiger partial charge is 0.459 e. The lowest BCUT2D eigenvalue weighted by Crippen LogP contribution is -2.25. The number of halogens is 4. The number of carbonyl (C=O) groups is 1. The molecule has 6 heteroatoms. The summed E-state index contributed by atoms with van der Waals surface area (Å²) in [4.78, 5) is 11.5. The summed E-state index contributed by atoms with van der Waals surface area (Å²) in [7, 11) is 0. The van der Waals surface area contributed by atoms with Gasteiger partial charge in [0.25, 0.3) is 0 Å². The molecule has 2 rings (SSSR count). The van der Waals surface area contributed by atoms with E-state index >= 15 is 0 Å². The van der Waals surface area contributed by atoms with Crippen LogP contribution in [0.2, 0.25) is 0 Å². The molecule has 0 radical (unpaired) electrons. The number of benzene rings is 1. The lowest BCUT2D eigenvalue weighted by atomic mass is 9.96. The van der Waals surface area contributed by atoms with E-state index in [1.165, 1.54) is 0 Å². The molecule has 2 nitrogen and oxygen atoms in total. The second kappa shape index (κ2) is 4.59. The van der Waals surface area contributed by atoms with E-state index in [0.717, 1.165) is 6.42 Å². The van der Waals surface area contributed by atoms with E-state index in [4.69, 9.17) is 4.74 Å². The van der Waals surface area contributed by atoms with E-state index in [1.807, 2.05) is 0 Å². The van der Waals surface area contributed by atoms with Crippen molar-refractivity contribution >= 4 is 5.97 Å². The van der Waals surface area contributed by atoms with Gasteiger partial charge in [-0.25, -0.2) is 9.18 Å². The van der Waals surface area contributed by atoms with Crippen molar-refractivity contribution in [3.05, 3.63) is 35.1 Å². The third-order valence-corrected chi connectivity index (χ3v) is 2.84. The maximum atomic E-state index is 13.3. The van der Waals surface area contributed by atoms with Crippen molar-refractivity contribution in [2.75, 3.05) is 0 Å². The predicted molar refractivity (Wildman–Crippen MR) is 54.5 cm³/mol. The Morgan fingerprint density at radius 3 is 2.44 bits per heavy atom. The number of ether oxygens (including phenoxy) is 1. The van der Waals surface area contributed by atoms with Crippen LogP contribution in [0.4, 0.5) is 17.6 Å². The first kappa shape index (κ1) is 12.9. The van der Waals surface area contributed by atoms with Crippen LogP contribution < -0.4 is 0 Å². The quantitative estimate of drug-likeness (QED) is 0.601. The molecule has 0 aromatic heterocycles. The average Bonchev–Trinajstić information content (AvgIpc) is 2.22. The Hall–Kier alpha value is -1.59. The summed E-state index contributed by atoms with van der Waals surface area (Å²) in [5, 5.41) is 0. The first-order chi connectivity index (χ1) is 8.38. The minimum absolute atomic E-state index is 0.300. The fourth-order valence-electron chi connectivity index (χ4n) is 1.56. The molecule has 1 fully saturated rings. The Labute approximate surface area is 101 Å². The van der Waals surface area contributed by atoms with Gasteiger partial charge in [0.15, 0.2) is 0 Å². The molecule has 0 spiro atoms. The van der Waals surface area contributed by atoms with Crippen molar-refractivity contribution < 1.29 is 27.1 Å². The fourth-order valence-corrected chi connectivity index (χ4v) is 1.56. The van der Waals surface area contributed by atoms with Crippen molar-refractivity contribution in [3.8, 4) is 0 Å². The molecule has 1 aliphatic carbocycles. The number of hydrogen-bond donors (Lipinski definition) is 0. The maximum absolute atomic E-state index is 13.3. The number of alkyl halides is 3. The smallest absolute Gasteiger partial charge is 0.416 e. The molecule has 98 valence electrons. The lowest BCUT2D eigenvalue weighted by molar-refractivity contribution is -0.137. The van der Waals surface area contributed by atoms with Gasteiger partial charge in [0.2, 0.25) is 0 Å². The van der Waals surface area contributed by atoms with Crippen molar-refractivity contribution in [1.29, 1.82) is 0 Å². The van der Waals surface area contributed by atoms with Gasteiger partial charge in [-0.15, -0.1) is 0 Å². The summed E-state index contributed by atoms with van der Waals surface area (Å²) in [5.74, 6) is -2.05. The Kier molecular flexibility index (Phi) is 3.28. The minimum Gasteiger partial charge on any atom is -0.459 e. The van der Waals surface area contributed by atoms with Crippen LogP contribution in [0.1, 0.15) is 35.2 Å². The second-order valence-electron chi connectivity index (χ2n) is 4.15. The molecule has 0 amide bonds. The third-order valence-electron chi connectivity index (χ3n) is 2.84. The van der Waals surface area contributed by atoms with Crippen LogP contribution in [0.25, 0.3) is 0 Å². The van der Waals surface area contributed by atoms with E-state index in [-0.39, 0.29) is 6.10 Å². The number of hydrogen-bond acceptors (Lipinski definition) is 2. The molecule has 0 heterocycles. The van der Waals surface area contributed by atoms with Gasteiger partial charge in [0, 0.05) is 0 Å². The first-order valence-corrected chi connectivity index (χ1v) is 5.45. The van der Waals surface area contributed by atoms with E-state index in [0.29, 0.717) is 31.0 Å². The van der Waals surface area contributed by atoms with E-state index < -0.39 is 29.1 Å². The van der Waals surface area contributed by atoms with Gasteiger partial charge in [-0.05, 0) is 37.5 Å². The maximum Gasteiger partial charge on any atom is 0.416 e. The topological polar surface area (TPSA) is 26.3 Å². The van der Waals surface area contributed by atoms with Crippen LogP contribution >= 0.6 is 0 Å². The van der Waals surface area contributed by atoms with E-state index in [2.05, 4.69) is 0 Å². The van der Waals surface area contributed by atoms with Gasteiger partial charge >= 0.3 is 12.1 Å². The molecule has 0 atom stereocenters. The highest BCUT2D eigenvalue weighted by molar-refractivity contribution is 5.90. The number of rotatable bonds is 2. The van der Waals surface area contributed by atoms with Crippen molar-refractivity contribution in [3.63, 3.8) is 0 Å². The Morgan fingerprint density at radius 2 is 1.94 bits per heavy atom. The number of esters is 1. The van der Waals surface area contributed by atoms with Crippen LogP contribution in [0, 0.1) is 5.82 Å². The van der Waals surface area contributed by atoms with Crippen molar-refractivity contribution in [2.45, 2.75) is 31.5 Å². The Balaban J connectivity index is 2.22. The molecule has 0 N–H and O–H groups in total. The summed E-state index contributed by atoms with van der Waals surface area (Å²) >= 11 is 0. The van der Waals surface area contributed by atoms with E-state index in [9.17, 15) is 22.4 Å². The standard InChI is InChI=1S/C12H10F4O2/c13-10-5-4-7(12(14,15)16)6-9(10)11(17)18-8-2-1-3-8/h4-6,8H,1-3H2. The Morgan fingerprint density at radius 1 is 1.28 bits per heavy atom. The van der Waals surface area contributed by atoms with Gasteiger partial charge in [-0.2, -0.15) is 13.2 Å². The highest BCUT2D eigenvalue weighted by Gasteiger charge is 2.32. The molecular formula is C12H10F4O2. The predicted octanol–water partition coefficient (Wildman–Crippen LogP) is 3.55. The molecule has 0 unspecified atom stereocenters. The molecular weight excluding hydrogens is 252 g/mol. The van der Waals surface area contributed by atoms with Gasteiger partial charge in [-0.3, -0.25) is 0 Å². The molecule has 0 bridgehead atoms. The van der Waals surface area contributed by atoms with Gasteiger partial charge in [0.05, 0.1) is 11.1 Å². The summed E-state index contributed by atoms with van der Waals surface area (Å²) < 4.78 is 55.5. The zero-order chi connectivity index (χ0) is 13.3. The Bertz CT molecular complexity index is 464. The van der Waals surface area contributed by atoms with Crippen molar-refractivity contribution in [2.24, 2.45) is 0 Å². The van der Waals surface area contributed by atoms with Crippen LogP contribution in [-0.2, 0) is 10.9 Å². The summed E-state index contributed by atoms with van der Waals surface area (Å²) in [6.45, 7) is 0. The highest BCUT2D eigenvalue weighted by Crippen LogP contribution is 2.31. The van der Waals surface area contributed by atoms with Gasteiger partial charge in [-0.1, -0.05) is 0 Å². The summed E-state index contributed by atoms with van der Waals surface area (Å²) in [6.07, 6.45) is -2.66. The average molecular weight is 262 g/mol. The van der Waals surface area contributed by atoms with E-state index in [1.54, 1.807) is 0 Å². The second-order valence-corrected chi connectivity index (χ2v) is 4.15. The summed E-state index contributed by atoms with van der Waals surface area (Å²) in [5.41, 5.74) is -1.74. The first-order valence-electron chi connectivity index (χ1n) is 5.45. The zero-order valence-corrected chi connectivity index (χ0v) is 9.26. The van der Waals surface area contributed by atoms with Crippen LogP contribution in [0.15, 0.2) is 18.2 Å². The van der Waals surface area contributed by atoms with Gasteiger partial charge < -0.3 is 4.74 Å². The molecule has 18 heavy (non-hydrogen) atoms. The van der Waals surface area contributed by atoms with Crippen LogP contribution in [0.5, 0.6) is 0 Å². The van der Waals surface area contributed by atoms with Crippen molar-refractivity contribution in [1.82, 2.24) is 0 Å². The molecule has 1 aliphatic rings. The lowest BCUT2D eigenvalue weighted by Gasteiger charge is -2.25. The molecule has 1 aromatic carbocycles. The highest BCUT2D eigenvalue weighted by atomic mass is 19.4. The third kappa shape index (κ3) is 2.63. The monoisotopic (exact) mass is 262 g/mol. The summed E-state index contributed by atoms with van der Waals surface area (Å²) in [6, 6.07) is 1.70. The minimum atomic E-state index is -4.61. The molecule has 0 saturated heterocycles. The van der Waals surface area contributed by atoms with Crippen LogP contribution in [0.3, 0.4) is 0 Å². The molecule has 1 aromatic rings. The SMILES string of the molecule is O=C(OC1CCC1)c1cc(C(F)(F)F)ccc1F. The fraction of sp³-hybridized carbons (Fsp3) is 0.417. The normalized spacial score (nSPS) is 16.2. The van der Waals surface area contributed by atoms with Gasteiger partial charge in [0.1, 0.15) is 11.9 Å². The zero-order valence-electron chi connectivity index (χ0n) is 9.26. The van der Waals surface area contributed by atoms with Crippen LogP contribution in [-0.4, -0.2) is 12.1 Å². The number of carbonyl (C=O) groups excluding carboxylic acids is 1.